The Kier molecular flexibility index (Phi) is 5.37. The van der Waals surface area contributed by atoms with Crippen molar-refractivity contribution in [3.05, 3.63) is 140 Å². The molecule has 0 bridgehead atoms. The van der Waals surface area contributed by atoms with Gasteiger partial charge in [0.1, 0.15) is 0 Å². The second-order valence-corrected chi connectivity index (χ2v) is 11.9. The van der Waals surface area contributed by atoms with Gasteiger partial charge in [0.2, 0.25) is 0 Å². The summed E-state index contributed by atoms with van der Waals surface area (Å²) >= 11 is 1.88. The van der Waals surface area contributed by atoms with Crippen LogP contribution in [-0.4, -0.2) is 15.0 Å². The lowest BCUT2D eigenvalue weighted by Crippen LogP contribution is -2.00. The predicted molar refractivity (Wildman–Crippen MR) is 182 cm³/mol. The number of rotatable bonds is 3. The fourth-order valence-corrected chi connectivity index (χ4v) is 7.56. The molecule has 0 aliphatic carbocycles. The van der Waals surface area contributed by atoms with E-state index in [4.69, 9.17) is 15.0 Å². The zero-order chi connectivity index (χ0) is 28.3. The number of fused-ring (bicyclic) bond motifs is 10. The molecule has 2 heterocycles. The number of thiophene rings is 1. The third-order valence-electron chi connectivity index (χ3n) is 8.30. The van der Waals surface area contributed by atoms with Crippen molar-refractivity contribution in [2.45, 2.75) is 0 Å². The van der Waals surface area contributed by atoms with E-state index >= 15 is 0 Å². The molecule has 0 aliphatic rings. The van der Waals surface area contributed by atoms with Gasteiger partial charge < -0.3 is 0 Å². The van der Waals surface area contributed by atoms with Crippen LogP contribution in [0.15, 0.2) is 140 Å². The van der Waals surface area contributed by atoms with Crippen LogP contribution in [0.2, 0.25) is 0 Å². The van der Waals surface area contributed by atoms with Crippen LogP contribution in [0.4, 0.5) is 0 Å². The molecule has 0 fully saturated rings. The van der Waals surface area contributed by atoms with Crippen LogP contribution < -0.4 is 0 Å². The molecule has 0 atom stereocenters. The molecule has 0 N–H and O–H groups in total. The number of hydrogen-bond acceptors (Lipinski definition) is 4. The van der Waals surface area contributed by atoms with Crippen molar-refractivity contribution in [3.63, 3.8) is 0 Å². The molecule has 0 amide bonds. The minimum atomic E-state index is 0.666. The van der Waals surface area contributed by atoms with Crippen LogP contribution in [0, 0.1) is 0 Å². The predicted octanol–water partition coefficient (Wildman–Crippen LogP) is 10.7. The summed E-state index contributed by atoms with van der Waals surface area (Å²) < 4.78 is 2.65. The van der Waals surface area contributed by atoms with Gasteiger partial charge in [0.25, 0.3) is 0 Å². The summed E-state index contributed by atoms with van der Waals surface area (Å²) in [5.41, 5.74) is 2.90. The van der Waals surface area contributed by atoms with Crippen molar-refractivity contribution >= 4 is 63.8 Å². The monoisotopic (exact) mass is 565 g/mol. The van der Waals surface area contributed by atoms with E-state index in [9.17, 15) is 0 Å². The van der Waals surface area contributed by atoms with E-state index < -0.39 is 0 Å². The lowest BCUT2D eigenvalue weighted by atomic mass is 9.92. The number of aromatic nitrogens is 3. The van der Waals surface area contributed by atoms with Gasteiger partial charge in [-0.3, -0.25) is 0 Å². The van der Waals surface area contributed by atoms with Gasteiger partial charge in [-0.15, -0.1) is 11.3 Å². The first-order valence-electron chi connectivity index (χ1n) is 14.4. The summed E-state index contributed by atoms with van der Waals surface area (Å²) in [5.74, 6) is 2.00. The third kappa shape index (κ3) is 3.84. The lowest BCUT2D eigenvalue weighted by Gasteiger charge is -2.13. The highest BCUT2D eigenvalue weighted by Gasteiger charge is 2.17. The zero-order valence-corrected chi connectivity index (χ0v) is 23.8. The number of benzene rings is 7. The maximum Gasteiger partial charge on any atom is 0.164 e. The van der Waals surface area contributed by atoms with Crippen LogP contribution in [0.25, 0.3) is 86.7 Å². The van der Waals surface area contributed by atoms with Gasteiger partial charge in [-0.1, -0.05) is 127 Å². The minimum absolute atomic E-state index is 0.666. The smallest absolute Gasteiger partial charge is 0.164 e. The van der Waals surface area contributed by atoms with Crippen molar-refractivity contribution in [1.82, 2.24) is 15.0 Å². The van der Waals surface area contributed by atoms with Gasteiger partial charge in [0, 0.05) is 42.2 Å². The Hall–Kier alpha value is -5.45. The Morgan fingerprint density at radius 3 is 1.51 bits per heavy atom. The van der Waals surface area contributed by atoms with Crippen LogP contribution in [0.3, 0.4) is 0 Å². The molecular formula is C39H23N3S. The van der Waals surface area contributed by atoms with Crippen LogP contribution in [0.5, 0.6) is 0 Å². The zero-order valence-electron chi connectivity index (χ0n) is 23.0. The molecule has 43 heavy (non-hydrogen) atoms. The van der Waals surface area contributed by atoms with E-state index in [1.54, 1.807) is 0 Å². The Morgan fingerprint density at radius 1 is 0.349 bits per heavy atom. The van der Waals surface area contributed by atoms with E-state index in [-0.39, 0.29) is 0 Å². The van der Waals surface area contributed by atoms with Gasteiger partial charge in [0.05, 0.1) is 0 Å². The SMILES string of the molecule is c1ccc(-c2nc(-c3ccccc3)nc(-c3ccc4c(c3)c3ccccc3c3ccc5c6ccccc6sc5c34)n2)cc1. The molecule has 0 spiro atoms. The van der Waals surface area contributed by atoms with Crippen molar-refractivity contribution < 1.29 is 0 Å². The van der Waals surface area contributed by atoms with Crippen LogP contribution >= 0.6 is 11.3 Å². The normalized spacial score (nSPS) is 11.7. The van der Waals surface area contributed by atoms with Crippen molar-refractivity contribution in [2.75, 3.05) is 0 Å². The quantitative estimate of drug-likeness (QED) is 0.200. The Labute approximate surface area is 251 Å². The average molecular weight is 566 g/mol. The largest absolute Gasteiger partial charge is 0.208 e. The molecule has 200 valence electrons. The van der Waals surface area contributed by atoms with E-state index in [0.717, 1.165) is 16.7 Å². The van der Waals surface area contributed by atoms with Crippen molar-refractivity contribution in [1.29, 1.82) is 0 Å². The fraction of sp³-hybridized carbons (Fsp3) is 0. The molecule has 4 heteroatoms. The van der Waals surface area contributed by atoms with E-state index in [1.807, 2.05) is 72.0 Å². The van der Waals surface area contributed by atoms with Crippen LogP contribution in [-0.2, 0) is 0 Å². The topological polar surface area (TPSA) is 38.7 Å². The Morgan fingerprint density at radius 2 is 0.837 bits per heavy atom. The molecule has 9 rings (SSSR count). The minimum Gasteiger partial charge on any atom is -0.208 e. The van der Waals surface area contributed by atoms with Gasteiger partial charge in [0.15, 0.2) is 17.5 Å². The maximum atomic E-state index is 5.01. The van der Waals surface area contributed by atoms with E-state index in [2.05, 4.69) is 78.9 Å². The van der Waals surface area contributed by atoms with Gasteiger partial charge in [-0.25, -0.2) is 15.0 Å². The summed E-state index contributed by atoms with van der Waals surface area (Å²) in [7, 11) is 0. The number of hydrogen-bond donors (Lipinski definition) is 0. The molecule has 9 aromatic rings. The summed E-state index contributed by atoms with van der Waals surface area (Å²) in [5, 5.41) is 10.2. The van der Waals surface area contributed by atoms with Gasteiger partial charge >= 0.3 is 0 Å². The van der Waals surface area contributed by atoms with Crippen molar-refractivity contribution in [2.24, 2.45) is 0 Å². The molecule has 0 saturated carbocycles. The first kappa shape index (κ1) is 24.2. The Bertz CT molecular complexity index is 2440. The van der Waals surface area contributed by atoms with Gasteiger partial charge in [-0.05, 0) is 39.1 Å². The first-order valence-corrected chi connectivity index (χ1v) is 15.2. The summed E-state index contributed by atoms with van der Waals surface area (Å²) in [6.45, 7) is 0. The summed E-state index contributed by atoms with van der Waals surface area (Å²) in [6.07, 6.45) is 0. The highest BCUT2D eigenvalue weighted by atomic mass is 32.1. The second kappa shape index (κ2) is 9.55. The van der Waals surface area contributed by atoms with Crippen molar-refractivity contribution in [3.8, 4) is 34.2 Å². The average Bonchev–Trinajstić information content (AvgIpc) is 3.47. The van der Waals surface area contributed by atoms with E-state index in [1.165, 1.54) is 52.5 Å². The molecule has 0 saturated heterocycles. The summed E-state index contributed by atoms with van der Waals surface area (Å²) in [4.78, 5) is 14.9. The molecule has 3 nitrogen and oxygen atoms in total. The molecule has 0 unspecified atom stereocenters. The maximum absolute atomic E-state index is 5.01. The van der Waals surface area contributed by atoms with E-state index in [0.29, 0.717) is 17.5 Å². The van der Waals surface area contributed by atoms with Crippen LogP contribution in [0.1, 0.15) is 0 Å². The fourth-order valence-electron chi connectivity index (χ4n) is 6.30. The highest BCUT2D eigenvalue weighted by molar-refractivity contribution is 7.26. The molecule has 0 radical (unpaired) electrons. The first-order chi connectivity index (χ1) is 21.3. The highest BCUT2D eigenvalue weighted by Crippen LogP contribution is 2.44. The molecule has 7 aromatic carbocycles. The third-order valence-corrected chi connectivity index (χ3v) is 9.50. The Balaban J connectivity index is 1.35. The standard InChI is InChI=1S/C39H23N3S/c1-3-11-24(12-4-1)37-40-38(25-13-5-2-6-14-25)42-39(41-37)26-19-20-31-33(23-26)28-16-8-7-15-27(28)30-21-22-32-29-17-9-10-18-34(29)43-36(32)35(30)31/h1-23H. The molecule has 0 aliphatic heterocycles. The van der Waals surface area contributed by atoms with Gasteiger partial charge in [-0.2, -0.15) is 0 Å². The second-order valence-electron chi connectivity index (χ2n) is 10.8. The summed E-state index contributed by atoms with van der Waals surface area (Å²) in [6, 6.07) is 49.0. The number of nitrogens with zero attached hydrogens (tertiary/aromatic N) is 3. The lowest BCUT2D eigenvalue weighted by molar-refractivity contribution is 1.07. The molecule has 2 aromatic heterocycles. The molecular weight excluding hydrogens is 543 g/mol.